The van der Waals surface area contributed by atoms with Crippen molar-refractivity contribution in [3.05, 3.63) is 81.8 Å². The molecule has 0 aliphatic rings. The molecule has 13 nitrogen and oxygen atoms in total. The monoisotopic (exact) mass is 625 g/mol. The molecule has 4 heterocycles. The maximum absolute atomic E-state index is 13.7. The lowest BCUT2D eigenvalue weighted by Gasteiger charge is -2.21. The number of fused-ring (bicyclic) bond motifs is 1. The minimum absolute atomic E-state index is 0.0785. The van der Waals surface area contributed by atoms with Crippen LogP contribution in [-0.4, -0.2) is 50.9 Å². The van der Waals surface area contributed by atoms with E-state index < -0.39 is 16.1 Å². The fraction of sp³-hybridized carbons (Fsp3) is 0.160. The van der Waals surface area contributed by atoms with Crippen LogP contribution in [0.2, 0.25) is 0 Å². The Bertz CT molecular complexity index is 1890. The molecule has 5 rings (SSSR count). The number of para-hydroxylation sites is 1. The van der Waals surface area contributed by atoms with Gasteiger partial charge >= 0.3 is 0 Å². The molecule has 0 fully saturated rings. The number of methoxy groups -OCH3 is 1. The molecule has 4 N–H and O–H groups in total. The summed E-state index contributed by atoms with van der Waals surface area (Å²) in [6.45, 7) is 1.83. The highest BCUT2D eigenvalue weighted by Crippen LogP contribution is 2.36. The van der Waals surface area contributed by atoms with Gasteiger partial charge in [0.1, 0.15) is 29.2 Å². The number of hydrogen-bond acceptors (Lipinski definition) is 10. The molecule has 40 heavy (non-hydrogen) atoms. The van der Waals surface area contributed by atoms with Crippen LogP contribution in [0.15, 0.2) is 70.5 Å². The van der Waals surface area contributed by atoms with Gasteiger partial charge in [0.25, 0.3) is 5.56 Å². The first kappa shape index (κ1) is 27.1. The Kier molecular flexibility index (Phi) is 7.16. The van der Waals surface area contributed by atoms with Crippen molar-refractivity contribution in [3.8, 4) is 22.7 Å². The number of nitrogen functional groups attached to an aromatic ring is 1. The fourth-order valence-electron chi connectivity index (χ4n) is 4.24. The van der Waals surface area contributed by atoms with Crippen molar-refractivity contribution in [1.29, 1.82) is 0 Å². The first-order chi connectivity index (χ1) is 19.1. The molecule has 0 bridgehead atoms. The van der Waals surface area contributed by atoms with Crippen molar-refractivity contribution < 1.29 is 13.2 Å². The number of nitrogens with one attached hydrogen (secondary N) is 2. The van der Waals surface area contributed by atoms with E-state index in [1.54, 1.807) is 12.3 Å². The molecular weight excluding hydrogens is 602 g/mol. The maximum atomic E-state index is 13.7. The SMILES string of the molecule is COc1ncc(-c2c(N)ncnc2NC(C)c2nn3ccc(Br)c3c(=O)n2-c2ccccc2)cc1NS(C)(=O)=O. The molecular formula is C25H24BrN9O4S. The third kappa shape index (κ3) is 5.20. The molecule has 1 atom stereocenters. The first-order valence-corrected chi connectivity index (χ1v) is 14.5. The van der Waals surface area contributed by atoms with E-state index in [1.807, 2.05) is 37.3 Å². The predicted molar refractivity (Wildman–Crippen MR) is 155 cm³/mol. The molecule has 0 spiro atoms. The Morgan fingerprint density at radius 2 is 1.88 bits per heavy atom. The molecule has 0 saturated carbocycles. The van der Waals surface area contributed by atoms with Crippen LogP contribution in [0.1, 0.15) is 18.8 Å². The van der Waals surface area contributed by atoms with Crippen LogP contribution in [-0.2, 0) is 10.0 Å². The zero-order valence-corrected chi connectivity index (χ0v) is 23.9. The molecule has 0 radical (unpaired) electrons. The van der Waals surface area contributed by atoms with Crippen LogP contribution in [0, 0.1) is 0 Å². The molecule has 1 unspecified atom stereocenters. The lowest BCUT2D eigenvalue weighted by molar-refractivity contribution is 0.400. The van der Waals surface area contributed by atoms with Gasteiger partial charge in [0.2, 0.25) is 15.9 Å². The number of benzene rings is 1. The molecule has 0 aliphatic heterocycles. The number of hydrogen-bond donors (Lipinski definition) is 3. The molecule has 0 aliphatic carbocycles. The summed E-state index contributed by atoms with van der Waals surface area (Å²) in [5, 5.41) is 8.03. The number of halogens is 1. The average Bonchev–Trinajstić information content (AvgIpc) is 3.29. The van der Waals surface area contributed by atoms with E-state index in [0.29, 0.717) is 38.4 Å². The summed E-state index contributed by atoms with van der Waals surface area (Å²) in [6.07, 6.45) is 5.48. The molecule has 5 aromatic rings. The molecule has 0 saturated heterocycles. The van der Waals surface area contributed by atoms with Gasteiger partial charge in [-0.15, -0.1) is 0 Å². The number of aromatic nitrogens is 6. The number of nitrogens with two attached hydrogens (primary N) is 1. The quantitative estimate of drug-likeness (QED) is 0.232. The van der Waals surface area contributed by atoms with Crippen molar-refractivity contribution >= 4 is 48.8 Å². The van der Waals surface area contributed by atoms with Crippen LogP contribution >= 0.6 is 15.9 Å². The molecule has 1 aromatic carbocycles. The van der Waals surface area contributed by atoms with Gasteiger partial charge in [-0.05, 0) is 47.1 Å². The Hall–Kier alpha value is -4.50. The van der Waals surface area contributed by atoms with Crippen LogP contribution in [0.3, 0.4) is 0 Å². The number of nitrogens with zero attached hydrogens (tertiary/aromatic N) is 6. The van der Waals surface area contributed by atoms with Gasteiger partial charge in [0.05, 0.1) is 35.1 Å². The highest BCUT2D eigenvalue weighted by Gasteiger charge is 2.23. The lowest BCUT2D eigenvalue weighted by atomic mass is 10.1. The topological polar surface area (TPSA) is 171 Å². The minimum Gasteiger partial charge on any atom is -0.480 e. The van der Waals surface area contributed by atoms with E-state index in [4.69, 9.17) is 15.6 Å². The van der Waals surface area contributed by atoms with Crippen molar-refractivity contribution in [2.24, 2.45) is 0 Å². The lowest BCUT2D eigenvalue weighted by Crippen LogP contribution is -2.29. The highest BCUT2D eigenvalue weighted by atomic mass is 79.9. The van der Waals surface area contributed by atoms with Gasteiger partial charge < -0.3 is 15.8 Å². The number of anilines is 3. The van der Waals surface area contributed by atoms with E-state index >= 15 is 0 Å². The standard InChI is InChI=1S/C25H24BrN9O4S/c1-14(23-32-34-10-9-17(26)20(34)25(36)35(23)16-7-5-4-6-8-16)31-22-19(21(27)29-13-30-22)15-11-18(33-40(3,37)38)24(39-2)28-12-15/h4-14,33H,1-3H3,(H3,27,29,30,31). The van der Waals surface area contributed by atoms with E-state index in [2.05, 4.69) is 40.9 Å². The third-order valence-electron chi connectivity index (χ3n) is 5.92. The molecule has 206 valence electrons. The van der Waals surface area contributed by atoms with Crippen LogP contribution in [0.4, 0.5) is 17.3 Å². The van der Waals surface area contributed by atoms with Crippen molar-refractivity contribution in [2.45, 2.75) is 13.0 Å². The summed E-state index contributed by atoms with van der Waals surface area (Å²) in [6, 6.07) is 11.9. The molecule has 15 heteroatoms. The van der Waals surface area contributed by atoms with Gasteiger partial charge in [0.15, 0.2) is 5.82 Å². The second-order valence-corrected chi connectivity index (χ2v) is 11.4. The van der Waals surface area contributed by atoms with Crippen LogP contribution in [0.5, 0.6) is 5.88 Å². The third-order valence-corrected chi connectivity index (χ3v) is 7.15. The number of rotatable bonds is 8. The summed E-state index contributed by atoms with van der Waals surface area (Å²) < 4.78 is 35.1. The average molecular weight is 626 g/mol. The second kappa shape index (κ2) is 10.6. The van der Waals surface area contributed by atoms with E-state index in [1.165, 1.54) is 34.8 Å². The van der Waals surface area contributed by atoms with Crippen molar-refractivity contribution in [2.75, 3.05) is 29.1 Å². The summed E-state index contributed by atoms with van der Waals surface area (Å²) in [7, 11) is -2.25. The van der Waals surface area contributed by atoms with Crippen LogP contribution in [0.25, 0.3) is 22.3 Å². The van der Waals surface area contributed by atoms with Gasteiger partial charge in [-0.3, -0.25) is 14.1 Å². The minimum atomic E-state index is -3.63. The largest absolute Gasteiger partial charge is 0.480 e. The Morgan fingerprint density at radius 3 is 2.58 bits per heavy atom. The molecule has 0 amide bonds. The predicted octanol–water partition coefficient (Wildman–Crippen LogP) is 3.24. The Balaban J connectivity index is 1.63. The number of ether oxygens (including phenoxy) is 1. The zero-order chi connectivity index (χ0) is 28.6. The van der Waals surface area contributed by atoms with Crippen molar-refractivity contribution in [1.82, 2.24) is 29.1 Å². The van der Waals surface area contributed by atoms with E-state index in [9.17, 15) is 13.2 Å². The Morgan fingerprint density at radius 1 is 1.12 bits per heavy atom. The van der Waals surface area contributed by atoms with E-state index in [0.717, 1.165) is 6.26 Å². The number of sulfonamides is 1. The van der Waals surface area contributed by atoms with Gasteiger partial charge in [-0.1, -0.05) is 18.2 Å². The summed E-state index contributed by atoms with van der Waals surface area (Å²) in [5.74, 6) is 0.928. The fourth-order valence-corrected chi connectivity index (χ4v) is 5.26. The smallest absolute Gasteiger partial charge is 0.283 e. The van der Waals surface area contributed by atoms with Crippen LogP contribution < -0.4 is 26.1 Å². The first-order valence-electron chi connectivity index (χ1n) is 11.8. The summed E-state index contributed by atoms with van der Waals surface area (Å²) >= 11 is 3.44. The molecule has 4 aromatic heterocycles. The van der Waals surface area contributed by atoms with E-state index in [-0.39, 0.29) is 22.9 Å². The van der Waals surface area contributed by atoms with Gasteiger partial charge in [-0.2, -0.15) is 5.10 Å². The summed E-state index contributed by atoms with van der Waals surface area (Å²) in [4.78, 5) is 26.4. The van der Waals surface area contributed by atoms with Gasteiger partial charge in [-0.25, -0.2) is 27.9 Å². The highest BCUT2D eigenvalue weighted by molar-refractivity contribution is 9.10. The second-order valence-electron chi connectivity index (χ2n) is 8.79. The summed E-state index contributed by atoms with van der Waals surface area (Å²) in [5.41, 5.74) is 7.95. The number of pyridine rings is 1. The normalized spacial score (nSPS) is 12.3. The van der Waals surface area contributed by atoms with Gasteiger partial charge in [0, 0.05) is 18.0 Å². The maximum Gasteiger partial charge on any atom is 0.283 e. The zero-order valence-electron chi connectivity index (χ0n) is 21.5. The van der Waals surface area contributed by atoms with Crippen molar-refractivity contribution in [3.63, 3.8) is 0 Å². The Labute approximate surface area is 237 Å².